The van der Waals surface area contributed by atoms with E-state index in [2.05, 4.69) is 54.6 Å². The van der Waals surface area contributed by atoms with Gasteiger partial charge < -0.3 is 25.8 Å². The molecule has 0 aliphatic carbocycles. The van der Waals surface area contributed by atoms with Crippen molar-refractivity contribution in [2.24, 2.45) is 18.7 Å². The second-order valence-electron chi connectivity index (χ2n) is 15.1. The number of aryl methyl sites for hydroxylation is 1. The highest BCUT2D eigenvalue weighted by Gasteiger charge is 2.32. The first-order valence-electron chi connectivity index (χ1n) is 19.0. The van der Waals surface area contributed by atoms with Crippen LogP contribution in [-0.4, -0.2) is 87.5 Å². The molecule has 0 radical (unpaired) electrons. The molecule has 6 heterocycles. The Bertz CT molecular complexity index is 2080. The van der Waals surface area contributed by atoms with Crippen molar-refractivity contribution in [2.75, 3.05) is 60.9 Å². The van der Waals surface area contributed by atoms with Gasteiger partial charge in [0.25, 0.3) is 5.91 Å². The number of nitrogens with two attached hydrogens (primary N) is 1. The molecule has 14 heteroatoms. The molecule has 4 fully saturated rings. The largest absolute Gasteiger partial charge is 0.371 e. The van der Waals surface area contributed by atoms with E-state index in [-0.39, 0.29) is 23.7 Å². The summed E-state index contributed by atoms with van der Waals surface area (Å²) in [7, 11) is 1.74. The Labute approximate surface area is 308 Å². The van der Waals surface area contributed by atoms with E-state index in [1.54, 1.807) is 17.8 Å². The van der Waals surface area contributed by atoms with Gasteiger partial charge in [0, 0.05) is 57.6 Å². The van der Waals surface area contributed by atoms with Gasteiger partial charge in [-0.3, -0.25) is 28.8 Å². The highest BCUT2D eigenvalue weighted by Crippen LogP contribution is 2.33. The smallest absolute Gasteiger partial charge is 0.329 e. The third kappa shape index (κ3) is 7.11. The van der Waals surface area contributed by atoms with Gasteiger partial charge in [0.15, 0.2) is 11.5 Å². The Balaban J connectivity index is 0.853. The Hall–Kier alpha value is -5.24. The monoisotopic (exact) mass is 720 g/mol. The number of nitrogens with one attached hydrogen (secondary N) is 2. The van der Waals surface area contributed by atoms with Gasteiger partial charge >= 0.3 is 5.69 Å². The average Bonchev–Trinajstić information content (AvgIpc) is 3.74. The molecule has 4 aromatic rings. The second-order valence-corrected chi connectivity index (χ2v) is 15.1. The number of anilines is 4. The summed E-state index contributed by atoms with van der Waals surface area (Å²) in [5.74, 6) is 0.896. The van der Waals surface area contributed by atoms with Gasteiger partial charge in [0.2, 0.25) is 11.8 Å². The molecule has 2 aromatic heterocycles. The summed E-state index contributed by atoms with van der Waals surface area (Å²) < 4.78 is 3.14. The zero-order valence-corrected chi connectivity index (χ0v) is 30.3. The lowest BCUT2D eigenvalue weighted by Gasteiger charge is -2.34. The van der Waals surface area contributed by atoms with Gasteiger partial charge in [0.05, 0.1) is 17.2 Å². The maximum absolute atomic E-state index is 13.2. The second kappa shape index (κ2) is 14.6. The number of amides is 3. The minimum atomic E-state index is -0.683. The van der Waals surface area contributed by atoms with Crippen LogP contribution in [0.3, 0.4) is 0 Å². The lowest BCUT2D eigenvalue weighted by molar-refractivity contribution is -0.135. The number of aromatic nitrogens is 4. The summed E-state index contributed by atoms with van der Waals surface area (Å²) in [5.41, 5.74) is 10.3. The molecule has 4 saturated heterocycles. The highest BCUT2D eigenvalue weighted by atomic mass is 16.2. The van der Waals surface area contributed by atoms with E-state index in [0.717, 1.165) is 101 Å². The van der Waals surface area contributed by atoms with Crippen LogP contribution >= 0.6 is 0 Å². The molecular formula is C39H48N10O4. The fourth-order valence-electron chi connectivity index (χ4n) is 8.71. The molecule has 8 rings (SSSR count). The topological polar surface area (TPSA) is 164 Å². The number of imidazole rings is 1. The molecule has 278 valence electrons. The minimum Gasteiger partial charge on any atom is -0.371 e. The number of nitrogens with zero attached hydrogens (tertiary/aromatic N) is 7. The molecule has 4 aliphatic heterocycles. The van der Waals surface area contributed by atoms with Gasteiger partial charge in [-0.25, -0.2) is 14.8 Å². The number of hydrogen-bond donors (Lipinski definition) is 3. The van der Waals surface area contributed by atoms with Crippen molar-refractivity contribution in [2.45, 2.75) is 63.3 Å². The minimum absolute atomic E-state index is 0.141. The fourth-order valence-corrected chi connectivity index (χ4v) is 8.71. The van der Waals surface area contributed by atoms with Crippen molar-refractivity contribution < 1.29 is 14.4 Å². The van der Waals surface area contributed by atoms with Crippen molar-refractivity contribution >= 4 is 51.8 Å². The van der Waals surface area contributed by atoms with Gasteiger partial charge in [-0.15, -0.1) is 0 Å². The zero-order valence-electron chi connectivity index (χ0n) is 30.3. The molecular weight excluding hydrogens is 672 g/mol. The summed E-state index contributed by atoms with van der Waals surface area (Å²) in [6.45, 7) is 6.98. The number of hydrogen-bond acceptors (Lipinski definition) is 10. The van der Waals surface area contributed by atoms with Crippen LogP contribution in [0.2, 0.25) is 0 Å². The van der Waals surface area contributed by atoms with E-state index in [0.29, 0.717) is 29.6 Å². The molecule has 0 bridgehead atoms. The lowest BCUT2D eigenvalue weighted by atomic mass is 9.89. The van der Waals surface area contributed by atoms with E-state index in [4.69, 9.17) is 10.7 Å². The molecule has 4 aliphatic rings. The van der Waals surface area contributed by atoms with Gasteiger partial charge in [-0.05, 0) is 106 Å². The van der Waals surface area contributed by atoms with Crippen molar-refractivity contribution in [1.82, 2.24) is 29.3 Å². The third-order valence-corrected chi connectivity index (χ3v) is 11.7. The van der Waals surface area contributed by atoms with E-state index >= 15 is 0 Å². The standard InChI is InChI=1S/C39H48N10O4/c1-45-32-21-29(9-10-30(32)49(39(45)53)31-11-12-34(50)44-38(31)52)48-20-13-25(24-48)23-46-18-14-27(15-19-46)26-5-7-28(8-6-26)42-37-35(36(40)51)41-22-33(43-37)47-16-3-2-4-17-47/h5-10,21-22,25,27,31H,2-4,11-20,23-24H2,1H3,(H2,40,51)(H,42,43)(H,44,50,52). The number of piperidine rings is 3. The summed E-state index contributed by atoms with van der Waals surface area (Å²) >= 11 is 0. The van der Waals surface area contributed by atoms with Crippen molar-refractivity contribution in [3.8, 4) is 0 Å². The molecule has 14 nitrogen and oxygen atoms in total. The van der Waals surface area contributed by atoms with Crippen molar-refractivity contribution in [3.05, 3.63) is 70.4 Å². The van der Waals surface area contributed by atoms with Crippen LogP contribution in [0, 0.1) is 5.92 Å². The predicted octanol–water partition coefficient (Wildman–Crippen LogP) is 3.65. The van der Waals surface area contributed by atoms with Crippen LogP contribution < -0.4 is 31.9 Å². The molecule has 2 atom stereocenters. The summed E-state index contributed by atoms with van der Waals surface area (Å²) in [6, 6.07) is 13.8. The number of likely N-dealkylation sites (tertiary alicyclic amines) is 1. The molecule has 53 heavy (non-hydrogen) atoms. The summed E-state index contributed by atoms with van der Waals surface area (Å²) in [5, 5.41) is 5.68. The number of benzene rings is 2. The average molecular weight is 721 g/mol. The van der Waals surface area contributed by atoms with Crippen molar-refractivity contribution in [3.63, 3.8) is 0 Å². The first-order valence-corrected chi connectivity index (χ1v) is 19.0. The van der Waals surface area contributed by atoms with Crippen LogP contribution in [0.25, 0.3) is 11.0 Å². The van der Waals surface area contributed by atoms with Crippen LogP contribution in [-0.2, 0) is 16.6 Å². The molecule has 3 amide bonds. The summed E-state index contributed by atoms with van der Waals surface area (Å²) in [4.78, 5) is 66.0. The first kappa shape index (κ1) is 34.8. The van der Waals surface area contributed by atoms with Gasteiger partial charge in [0.1, 0.15) is 11.9 Å². The van der Waals surface area contributed by atoms with Crippen LogP contribution in [0.4, 0.5) is 23.0 Å². The van der Waals surface area contributed by atoms with E-state index in [1.807, 2.05) is 18.2 Å². The molecule has 0 saturated carbocycles. The Morgan fingerprint density at radius 3 is 2.42 bits per heavy atom. The number of primary amides is 1. The molecule has 4 N–H and O–H groups in total. The highest BCUT2D eigenvalue weighted by molar-refractivity contribution is 6.00. The number of rotatable bonds is 9. The lowest BCUT2D eigenvalue weighted by Crippen LogP contribution is -2.44. The quantitative estimate of drug-likeness (QED) is 0.218. The molecule has 0 spiro atoms. The van der Waals surface area contributed by atoms with E-state index in [1.165, 1.54) is 16.6 Å². The van der Waals surface area contributed by atoms with Crippen LogP contribution in [0.5, 0.6) is 0 Å². The Kier molecular flexibility index (Phi) is 9.62. The normalized spacial score (nSPS) is 21.7. The maximum atomic E-state index is 13.2. The Morgan fingerprint density at radius 1 is 0.906 bits per heavy atom. The number of fused-ring (bicyclic) bond motifs is 1. The van der Waals surface area contributed by atoms with Gasteiger partial charge in [-0.2, -0.15) is 0 Å². The van der Waals surface area contributed by atoms with Crippen LogP contribution in [0.15, 0.2) is 53.5 Å². The number of carbonyl (C=O) groups is 3. The number of imide groups is 1. The zero-order chi connectivity index (χ0) is 36.6. The van der Waals surface area contributed by atoms with Crippen LogP contribution in [0.1, 0.15) is 79.4 Å². The first-order chi connectivity index (χ1) is 25.7. The summed E-state index contributed by atoms with van der Waals surface area (Å²) in [6.07, 6.45) is 8.98. The predicted molar refractivity (Wildman–Crippen MR) is 204 cm³/mol. The SMILES string of the molecule is Cn1c(=O)n(C2CCC(=O)NC2=O)c2ccc(N3CCC(CN4CCC(c5ccc(Nc6nc(N7CCCCC7)cnc6C(N)=O)cc5)CC4)C3)cc21. The number of carbonyl (C=O) groups excluding carboxylic acids is 3. The molecule has 2 unspecified atom stereocenters. The van der Waals surface area contributed by atoms with Crippen molar-refractivity contribution in [1.29, 1.82) is 0 Å². The Morgan fingerprint density at radius 2 is 1.68 bits per heavy atom. The third-order valence-electron chi connectivity index (χ3n) is 11.7. The molecule has 2 aromatic carbocycles. The maximum Gasteiger partial charge on any atom is 0.329 e. The van der Waals surface area contributed by atoms with E-state index < -0.39 is 17.9 Å². The van der Waals surface area contributed by atoms with E-state index in [9.17, 15) is 19.2 Å². The fraction of sp³-hybridized carbons (Fsp3) is 0.487. The van der Waals surface area contributed by atoms with Gasteiger partial charge in [-0.1, -0.05) is 12.1 Å².